The van der Waals surface area contributed by atoms with E-state index in [1.807, 2.05) is 0 Å². The summed E-state index contributed by atoms with van der Waals surface area (Å²) in [5, 5.41) is 4.34. The average molecular weight is 382 g/mol. The van der Waals surface area contributed by atoms with Crippen molar-refractivity contribution in [3.05, 3.63) is 63.2 Å². The standard InChI is InChI=1S/C16H11Cl3N4O/c17-8-2-1-3-9(18)13(8)16(24)22-12-5-4-10(19)14-11(23-20)6-7-21-15(12)14/h1-7H,20H2,(H,21,23)(H,22,24). The van der Waals surface area contributed by atoms with Crippen molar-refractivity contribution in [2.45, 2.75) is 0 Å². The van der Waals surface area contributed by atoms with E-state index in [0.717, 1.165) is 0 Å². The molecule has 1 heterocycles. The number of anilines is 2. The van der Waals surface area contributed by atoms with E-state index in [-0.39, 0.29) is 15.6 Å². The van der Waals surface area contributed by atoms with Gasteiger partial charge in [0.05, 0.1) is 37.5 Å². The average Bonchev–Trinajstić information content (AvgIpc) is 2.56. The number of hydrogen-bond acceptors (Lipinski definition) is 4. The Labute approximate surface area is 152 Å². The highest BCUT2D eigenvalue weighted by Gasteiger charge is 2.17. The fraction of sp³-hybridized carbons (Fsp3) is 0. The topological polar surface area (TPSA) is 80.0 Å². The number of halogens is 3. The number of nitrogen functional groups attached to an aromatic ring is 1. The molecule has 3 aromatic rings. The molecule has 4 N–H and O–H groups in total. The van der Waals surface area contributed by atoms with Crippen molar-refractivity contribution in [1.82, 2.24) is 4.98 Å². The van der Waals surface area contributed by atoms with Gasteiger partial charge in [0.2, 0.25) is 0 Å². The molecular formula is C16H11Cl3N4O. The summed E-state index contributed by atoms with van der Waals surface area (Å²) in [6.07, 6.45) is 1.56. The van der Waals surface area contributed by atoms with E-state index in [9.17, 15) is 4.79 Å². The van der Waals surface area contributed by atoms with Gasteiger partial charge in [-0.05, 0) is 30.3 Å². The Bertz CT molecular complexity index is 926. The lowest BCUT2D eigenvalue weighted by Gasteiger charge is -2.13. The largest absolute Gasteiger partial charge is 0.323 e. The lowest BCUT2D eigenvalue weighted by atomic mass is 10.1. The quantitative estimate of drug-likeness (QED) is 0.452. The summed E-state index contributed by atoms with van der Waals surface area (Å²) in [4.78, 5) is 16.8. The van der Waals surface area contributed by atoms with Gasteiger partial charge in [0.25, 0.3) is 5.91 Å². The number of hydrogen-bond donors (Lipinski definition) is 3. The molecule has 1 amide bonds. The Morgan fingerprint density at radius 2 is 1.67 bits per heavy atom. The van der Waals surface area contributed by atoms with Crippen LogP contribution >= 0.6 is 34.8 Å². The fourth-order valence-electron chi connectivity index (χ4n) is 2.35. The summed E-state index contributed by atoms with van der Waals surface area (Å²) >= 11 is 18.4. The first-order valence-corrected chi connectivity index (χ1v) is 7.95. The molecule has 0 atom stereocenters. The molecule has 0 aliphatic heterocycles. The summed E-state index contributed by atoms with van der Waals surface area (Å²) in [6.45, 7) is 0. The summed E-state index contributed by atoms with van der Waals surface area (Å²) in [5.74, 6) is 5.07. The number of fused-ring (bicyclic) bond motifs is 1. The van der Waals surface area contributed by atoms with Crippen LogP contribution in [0.4, 0.5) is 11.4 Å². The molecular weight excluding hydrogens is 371 g/mol. The van der Waals surface area contributed by atoms with Crippen molar-refractivity contribution >= 4 is 63.0 Å². The molecule has 8 heteroatoms. The van der Waals surface area contributed by atoms with Crippen LogP contribution in [0.3, 0.4) is 0 Å². The molecule has 0 bridgehead atoms. The van der Waals surface area contributed by atoms with Crippen molar-refractivity contribution in [3.8, 4) is 0 Å². The van der Waals surface area contributed by atoms with E-state index in [1.54, 1.807) is 42.6 Å². The van der Waals surface area contributed by atoms with Crippen LogP contribution in [-0.2, 0) is 0 Å². The van der Waals surface area contributed by atoms with Crippen LogP contribution in [0.1, 0.15) is 10.4 Å². The molecule has 0 spiro atoms. The number of aromatic nitrogens is 1. The number of carbonyl (C=O) groups is 1. The number of nitrogens with two attached hydrogens (primary N) is 1. The van der Waals surface area contributed by atoms with Gasteiger partial charge in [-0.15, -0.1) is 0 Å². The van der Waals surface area contributed by atoms with Crippen molar-refractivity contribution in [2.24, 2.45) is 5.84 Å². The number of nitrogens with zero attached hydrogens (tertiary/aromatic N) is 1. The van der Waals surface area contributed by atoms with Crippen LogP contribution in [0.25, 0.3) is 10.9 Å². The van der Waals surface area contributed by atoms with Crippen molar-refractivity contribution < 1.29 is 4.79 Å². The minimum Gasteiger partial charge on any atom is -0.323 e. The van der Waals surface area contributed by atoms with Gasteiger partial charge in [0.15, 0.2) is 0 Å². The van der Waals surface area contributed by atoms with Crippen LogP contribution in [0, 0.1) is 0 Å². The first-order valence-electron chi connectivity index (χ1n) is 6.82. The van der Waals surface area contributed by atoms with E-state index in [1.165, 1.54) is 0 Å². The second kappa shape index (κ2) is 6.83. The Morgan fingerprint density at radius 3 is 2.33 bits per heavy atom. The summed E-state index contributed by atoms with van der Waals surface area (Å²) in [6, 6.07) is 9.84. The van der Waals surface area contributed by atoms with Crippen molar-refractivity contribution in [1.29, 1.82) is 0 Å². The van der Waals surface area contributed by atoms with Crippen LogP contribution in [0.5, 0.6) is 0 Å². The summed E-state index contributed by atoms with van der Waals surface area (Å²) < 4.78 is 0. The summed E-state index contributed by atoms with van der Waals surface area (Å²) in [5.41, 5.74) is 4.31. The van der Waals surface area contributed by atoms with E-state index >= 15 is 0 Å². The molecule has 3 rings (SSSR count). The first-order chi connectivity index (χ1) is 11.5. The number of rotatable bonds is 3. The zero-order valence-electron chi connectivity index (χ0n) is 12.1. The molecule has 0 saturated heterocycles. The summed E-state index contributed by atoms with van der Waals surface area (Å²) in [7, 11) is 0. The third-order valence-electron chi connectivity index (χ3n) is 3.43. The minimum atomic E-state index is -0.442. The molecule has 0 unspecified atom stereocenters. The minimum absolute atomic E-state index is 0.192. The van der Waals surface area contributed by atoms with E-state index in [0.29, 0.717) is 27.3 Å². The monoisotopic (exact) mass is 380 g/mol. The van der Waals surface area contributed by atoms with Gasteiger partial charge in [-0.2, -0.15) is 0 Å². The number of benzene rings is 2. The zero-order chi connectivity index (χ0) is 17.3. The van der Waals surface area contributed by atoms with Gasteiger partial charge in [0, 0.05) is 11.6 Å². The molecule has 0 saturated carbocycles. The van der Waals surface area contributed by atoms with Crippen molar-refractivity contribution in [2.75, 3.05) is 10.7 Å². The molecule has 122 valence electrons. The first kappa shape index (κ1) is 16.8. The van der Waals surface area contributed by atoms with Gasteiger partial charge in [-0.3, -0.25) is 15.6 Å². The van der Waals surface area contributed by atoms with Gasteiger partial charge < -0.3 is 10.7 Å². The maximum atomic E-state index is 12.6. The van der Waals surface area contributed by atoms with Crippen LogP contribution < -0.4 is 16.6 Å². The predicted molar refractivity (Wildman–Crippen MR) is 99.0 cm³/mol. The molecule has 2 aromatic carbocycles. The normalized spacial score (nSPS) is 10.7. The van der Waals surface area contributed by atoms with Crippen LogP contribution in [0.15, 0.2) is 42.6 Å². The lowest BCUT2D eigenvalue weighted by molar-refractivity contribution is 0.102. The van der Waals surface area contributed by atoms with Crippen LogP contribution in [-0.4, -0.2) is 10.9 Å². The highest BCUT2D eigenvalue weighted by molar-refractivity contribution is 6.41. The SMILES string of the molecule is NNc1ccnc2c(NC(=O)c3c(Cl)cccc3Cl)ccc(Cl)c12. The fourth-order valence-corrected chi connectivity index (χ4v) is 3.17. The molecule has 5 nitrogen and oxygen atoms in total. The van der Waals surface area contributed by atoms with Gasteiger partial charge in [-0.1, -0.05) is 40.9 Å². The maximum Gasteiger partial charge on any atom is 0.258 e. The Hall–Kier alpha value is -2.05. The zero-order valence-corrected chi connectivity index (χ0v) is 14.4. The highest BCUT2D eigenvalue weighted by Crippen LogP contribution is 2.34. The number of nitrogens with one attached hydrogen (secondary N) is 2. The number of amides is 1. The third kappa shape index (κ3) is 2.99. The number of hydrazine groups is 1. The molecule has 0 aliphatic carbocycles. The Kier molecular flexibility index (Phi) is 4.78. The number of pyridine rings is 1. The Morgan fingerprint density at radius 1 is 0.958 bits per heavy atom. The van der Waals surface area contributed by atoms with Gasteiger partial charge >= 0.3 is 0 Å². The smallest absolute Gasteiger partial charge is 0.258 e. The predicted octanol–water partition coefficient (Wildman–Crippen LogP) is 4.73. The highest BCUT2D eigenvalue weighted by atomic mass is 35.5. The Balaban J connectivity index is 2.08. The van der Waals surface area contributed by atoms with Gasteiger partial charge in [-0.25, -0.2) is 0 Å². The van der Waals surface area contributed by atoms with E-state index in [4.69, 9.17) is 40.6 Å². The maximum absolute atomic E-state index is 12.6. The van der Waals surface area contributed by atoms with Crippen molar-refractivity contribution in [3.63, 3.8) is 0 Å². The van der Waals surface area contributed by atoms with Gasteiger partial charge in [0.1, 0.15) is 0 Å². The number of carbonyl (C=O) groups excluding carboxylic acids is 1. The second-order valence-corrected chi connectivity index (χ2v) is 6.09. The molecule has 0 radical (unpaired) electrons. The molecule has 24 heavy (non-hydrogen) atoms. The molecule has 0 fully saturated rings. The molecule has 1 aromatic heterocycles. The third-order valence-corrected chi connectivity index (χ3v) is 4.38. The van der Waals surface area contributed by atoms with Crippen LogP contribution in [0.2, 0.25) is 15.1 Å². The second-order valence-electron chi connectivity index (χ2n) is 4.87. The van der Waals surface area contributed by atoms with E-state index < -0.39 is 5.91 Å². The lowest BCUT2D eigenvalue weighted by Crippen LogP contribution is -2.14. The van der Waals surface area contributed by atoms with E-state index in [2.05, 4.69) is 15.7 Å². The molecule has 0 aliphatic rings.